The fourth-order valence-corrected chi connectivity index (χ4v) is 3.05. The lowest BCUT2D eigenvalue weighted by molar-refractivity contribution is -0.188. The average molecular weight is 307 g/mol. The first kappa shape index (κ1) is 14.8. The zero-order valence-corrected chi connectivity index (χ0v) is 11.1. The molecule has 1 fully saturated rings. The van der Waals surface area contributed by atoms with E-state index in [1.165, 1.54) is 11.3 Å². The van der Waals surface area contributed by atoms with Gasteiger partial charge < -0.3 is 10.0 Å². The largest absolute Gasteiger partial charge is 0.480 e. The molecule has 1 N–H and O–H groups in total. The standard InChI is InChI=1S/C12H12F3NO3S/c13-12(14,15)9-2-1-8(11(18)19)16(9)10(17)5-7-3-4-20-6-7/h3-4,6,8-9H,1-2,5H2,(H,18,19)/t8-,9-/m1/s1. The maximum atomic E-state index is 12.9. The summed E-state index contributed by atoms with van der Waals surface area (Å²) in [4.78, 5) is 23.6. The molecule has 1 aliphatic heterocycles. The average Bonchev–Trinajstić information content (AvgIpc) is 2.95. The molecular weight excluding hydrogens is 295 g/mol. The number of nitrogens with zero attached hydrogens (tertiary/aromatic N) is 1. The molecule has 1 amide bonds. The van der Waals surface area contributed by atoms with Gasteiger partial charge in [-0.25, -0.2) is 4.79 Å². The number of carbonyl (C=O) groups is 2. The van der Waals surface area contributed by atoms with Crippen LogP contribution in [0.5, 0.6) is 0 Å². The Morgan fingerprint density at radius 2 is 2.10 bits per heavy atom. The van der Waals surface area contributed by atoms with Crippen LogP contribution < -0.4 is 0 Å². The number of carbonyl (C=O) groups excluding carboxylic acids is 1. The Labute approximate surface area is 116 Å². The summed E-state index contributed by atoms with van der Waals surface area (Å²) in [6, 6.07) is -1.76. The van der Waals surface area contributed by atoms with Crippen LogP contribution in [0.3, 0.4) is 0 Å². The Morgan fingerprint density at radius 1 is 1.40 bits per heavy atom. The number of carboxylic acids is 1. The molecule has 0 aromatic carbocycles. The molecule has 20 heavy (non-hydrogen) atoms. The zero-order valence-electron chi connectivity index (χ0n) is 10.3. The molecule has 2 atom stereocenters. The SMILES string of the molecule is O=C(O)[C@H]1CC[C@H](C(F)(F)F)N1C(=O)Cc1ccsc1. The second-order valence-electron chi connectivity index (χ2n) is 4.60. The molecule has 0 aliphatic carbocycles. The summed E-state index contributed by atoms with van der Waals surface area (Å²) in [6.45, 7) is 0. The number of halogens is 3. The third kappa shape index (κ3) is 2.95. The molecule has 0 spiro atoms. The minimum Gasteiger partial charge on any atom is -0.480 e. The van der Waals surface area contributed by atoms with Gasteiger partial charge in [0.1, 0.15) is 12.1 Å². The van der Waals surface area contributed by atoms with E-state index in [1.807, 2.05) is 0 Å². The predicted molar refractivity (Wildman–Crippen MR) is 65.4 cm³/mol. The van der Waals surface area contributed by atoms with Gasteiger partial charge in [0, 0.05) is 0 Å². The van der Waals surface area contributed by atoms with E-state index >= 15 is 0 Å². The summed E-state index contributed by atoms with van der Waals surface area (Å²) in [5.41, 5.74) is 0.594. The van der Waals surface area contributed by atoms with Crippen molar-refractivity contribution in [2.45, 2.75) is 37.5 Å². The summed E-state index contributed by atoms with van der Waals surface area (Å²) in [7, 11) is 0. The maximum Gasteiger partial charge on any atom is 0.408 e. The normalized spacial score (nSPS) is 23.1. The number of aliphatic carboxylic acids is 1. The minimum absolute atomic E-state index is 0.172. The molecular formula is C12H12F3NO3S. The third-order valence-electron chi connectivity index (χ3n) is 3.27. The summed E-state index contributed by atoms with van der Waals surface area (Å²) in [5, 5.41) is 12.4. The Hall–Kier alpha value is -1.57. The van der Waals surface area contributed by atoms with Crippen molar-refractivity contribution >= 4 is 23.2 Å². The van der Waals surface area contributed by atoms with Crippen molar-refractivity contribution < 1.29 is 27.9 Å². The third-order valence-corrected chi connectivity index (χ3v) is 4.00. The van der Waals surface area contributed by atoms with E-state index in [2.05, 4.69) is 0 Å². The van der Waals surface area contributed by atoms with Gasteiger partial charge >= 0.3 is 12.1 Å². The zero-order chi connectivity index (χ0) is 14.9. The fraction of sp³-hybridized carbons (Fsp3) is 0.500. The van der Waals surface area contributed by atoms with Crippen molar-refractivity contribution in [3.8, 4) is 0 Å². The molecule has 0 radical (unpaired) electrons. The van der Waals surface area contributed by atoms with Gasteiger partial charge in [-0.2, -0.15) is 24.5 Å². The Balaban J connectivity index is 2.21. The molecule has 2 heterocycles. The van der Waals surface area contributed by atoms with Gasteiger partial charge in [0.2, 0.25) is 5.91 Å². The summed E-state index contributed by atoms with van der Waals surface area (Å²) in [5.74, 6) is -2.19. The lowest BCUT2D eigenvalue weighted by Gasteiger charge is -2.29. The van der Waals surface area contributed by atoms with Gasteiger partial charge in [0.15, 0.2) is 0 Å². The maximum absolute atomic E-state index is 12.9. The first-order chi connectivity index (χ1) is 9.30. The molecule has 0 unspecified atom stereocenters. The van der Waals surface area contributed by atoms with Crippen molar-refractivity contribution in [3.63, 3.8) is 0 Å². The van der Waals surface area contributed by atoms with Gasteiger partial charge in [-0.3, -0.25) is 4.79 Å². The van der Waals surface area contributed by atoms with Crippen LogP contribution in [-0.4, -0.2) is 40.1 Å². The molecule has 8 heteroatoms. The lowest BCUT2D eigenvalue weighted by atomic mass is 10.2. The topological polar surface area (TPSA) is 57.6 Å². The van der Waals surface area contributed by atoms with Gasteiger partial charge in [0.25, 0.3) is 0 Å². The molecule has 2 rings (SSSR count). The van der Waals surface area contributed by atoms with Crippen molar-refractivity contribution in [2.75, 3.05) is 0 Å². The second kappa shape index (κ2) is 5.43. The highest BCUT2D eigenvalue weighted by molar-refractivity contribution is 7.07. The fourth-order valence-electron chi connectivity index (χ4n) is 2.38. The lowest BCUT2D eigenvalue weighted by Crippen LogP contribution is -2.51. The summed E-state index contributed by atoms with van der Waals surface area (Å²) < 4.78 is 38.7. The van der Waals surface area contributed by atoms with Gasteiger partial charge in [-0.05, 0) is 35.2 Å². The first-order valence-electron chi connectivity index (χ1n) is 5.92. The van der Waals surface area contributed by atoms with Crippen LogP contribution in [-0.2, 0) is 16.0 Å². The smallest absolute Gasteiger partial charge is 0.408 e. The molecule has 1 aromatic rings. The van der Waals surface area contributed by atoms with E-state index in [4.69, 9.17) is 5.11 Å². The number of carboxylic acid groups (broad SMARTS) is 1. The van der Waals surface area contributed by atoms with Crippen LogP contribution in [0.2, 0.25) is 0 Å². The molecule has 0 saturated carbocycles. The number of thiophene rings is 1. The van der Waals surface area contributed by atoms with E-state index in [9.17, 15) is 22.8 Å². The minimum atomic E-state index is -4.60. The van der Waals surface area contributed by atoms with E-state index in [0.29, 0.717) is 10.5 Å². The molecule has 110 valence electrons. The van der Waals surface area contributed by atoms with Crippen molar-refractivity contribution in [2.24, 2.45) is 0 Å². The molecule has 1 aromatic heterocycles. The first-order valence-corrected chi connectivity index (χ1v) is 6.86. The quantitative estimate of drug-likeness (QED) is 0.932. The number of rotatable bonds is 3. The van der Waals surface area contributed by atoms with Crippen LogP contribution in [0.1, 0.15) is 18.4 Å². The van der Waals surface area contributed by atoms with Gasteiger partial charge in [-0.1, -0.05) is 0 Å². The highest BCUT2D eigenvalue weighted by Gasteiger charge is 2.53. The number of likely N-dealkylation sites (tertiary alicyclic amines) is 1. The van der Waals surface area contributed by atoms with E-state index < -0.39 is 30.1 Å². The number of hydrogen-bond donors (Lipinski definition) is 1. The molecule has 4 nitrogen and oxygen atoms in total. The molecule has 1 aliphatic rings. The van der Waals surface area contributed by atoms with E-state index in [1.54, 1.807) is 16.8 Å². The Morgan fingerprint density at radius 3 is 2.60 bits per heavy atom. The van der Waals surface area contributed by atoms with Gasteiger partial charge in [0.05, 0.1) is 6.42 Å². The van der Waals surface area contributed by atoms with Crippen LogP contribution in [0.15, 0.2) is 16.8 Å². The highest BCUT2D eigenvalue weighted by Crippen LogP contribution is 2.36. The number of hydrogen-bond acceptors (Lipinski definition) is 3. The predicted octanol–water partition coefficient (Wildman–Crippen LogP) is 2.30. The summed E-state index contributed by atoms with van der Waals surface area (Å²) >= 11 is 1.33. The van der Waals surface area contributed by atoms with Crippen LogP contribution >= 0.6 is 11.3 Å². The van der Waals surface area contributed by atoms with Crippen LogP contribution in [0, 0.1) is 0 Å². The monoisotopic (exact) mass is 307 g/mol. The van der Waals surface area contributed by atoms with Crippen molar-refractivity contribution in [1.29, 1.82) is 0 Å². The van der Waals surface area contributed by atoms with Crippen LogP contribution in [0.4, 0.5) is 13.2 Å². The van der Waals surface area contributed by atoms with Crippen LogP contribution in [0.25, 0.3) is 0 Å². The number of alkyl halides is 3. The summed E-state index contributed by atoms with van der Waals surface area (Å²) in [6.07, 6.45) is -5.35. The van der Waals surface area contributed by atoms with E-state index in [-0.39, 0.29) is 19.3 Å². The second-order valence-corrected chi connectivity index (χ2v) is 5.38. The highest BCUT2D eigenvalue weighted by atomic mass is 32.1. The Bertz CT molecular complexity index is 501. The van der Waals surface area contributed by atoms with Crippen molar-refractivity contribution in [1.82, 2.24) is 4.90 Å². The van der Waals surface area contributed by atoms with Crippen molar-refractivity contribution in [3.05, 3.63) is 22.4 Å². The van der Waals surface area contributed by atoms with E-state index in [0.717, 1.165) is 0 Å². The number of amides is 1. The molecule has 0 bridgehead atoms. The van der Waals surface area contributed by atoms with Gasteiger partial charge in [-0.15, -0.1) is 0 Å². The Kier molecular flexibility index (Phi) is 4.03. The molecule has 1 saturated heterocycles.